The van der Waals surface area contributed by atoms with Crippen molar-refractivity contribution in [2.24, 2.45) is 0 Å². The minimum absolute atomic E-state index is 0.108. The van der Waals surface area contributed by atoms with E-state index in [1.165, 1.54) is 0 Å². The minimum Gasteiger partial charge on any atom is -0.356 e. The molecule has 0 spiro atoms. The van der Waals surface area contributed by atoms with E-state index >= 15 is 0 Å². The largest absolute Gasteiger partial charge is 0.356 e. The number of hydrogen-bond acceptors (Lipinski definition) is 3. The van der Waals surface area contributed by atoms with Crippen LogP contribution in [0, 0.1) is 0 Å². The standard InChI is InChI=1S/C22H20Cl2O3/c1-3-12-8-13(14-9-15(23)11-16(24)10-14)4-5-17(12)19-20(25)18-6-7-22(2,27-18)21(19)26/h4-5,8-11,18-19H,3,6-7H2,1-2H3/t18-,19?,22+/m0/s1. The molecule has 0 amide bonds. The lowest BCUT2D eigenvalue weighted by molar-refractivity contribution is -0.160. The van der Waals surface area contributed by atoms with Gasteiger partial charge >= 0.3 is 0 Å². The predicted octanol–water partition coefficient (Wildman–Crippen LogP) is 5.40. The first-order valence-corrected chi connectivity index (χ1v) is 9.93. The zero-order valence-electron chi connectivity index (χ0n) is 15.2. The molecule has 3 atom stereocenters. The summed E-state index contributed by atoms with van der Waals surface area (Å²) in [7, 11) is 0. The average Bonchev–Trinajstić information content (AvgIpc) is 3.01. The Balaban J connectivity index is 1.78. The smallest absolute Gasteiger partial charge is 0.179 e. The highest BCUT2D eigenvalue weighted by molar-refractivity contribution is 6.35. The number of hydrogen-bond donors (Lipinski definition) is 0. The molecule has 0 saturated carbocycles. The van der Waals surface area contributed by atoms with Crippen molar-refractivity contribution in [3.8, 4) is 11.1 Å². The summed E-state index contributed by atoms with van der Waals surface area (Å²) in [6, 6.07) is 11.3. The summed E-state index contributed by atoms with van der Waals surface area (Å²) in [5, 5.41) is 1.14. The van der Waals surface area contributed by atoms with E-state index in [0.717, 1.165) is 28.7 Å². The number of ether oxygens (including phenoxy) is 1. The van der Waals surface area contributed by atoms with E-state index in [1.54, 1.807) is 6.07 Å². The topological polar surface area (TPSA) is 43.4 Å². The van der Waals surface area contributed by atoms with Crippen LogP contribution in [0.3, 0.4) is 0 Å². The van der Waals surface area contributed by atoms with Gasteiger partial charge in [0, 0.05) is 10.0 Å². The van der Waals surface area contributed by atoms with Crippen molar-refractivity contribution in [3.63, 3.8) is 0 Å². The van der Waals surface area contributed by atoms with Gasteiger partial charge in [0.1, 0.15) is 17.6 Å². The quantitative estimate of drug-likeness (QED) is 0.645. The maximum atomic E-state index is 13.0. The van der Waals surface area contributed by atoms with Crippen LogP contribution < -0.4 is 0 Å². The highest BCUT2D eigenvalue weighted by Gasteiger charge is 2.55. The van der Waals surface area contributed by atoms with Crippen LogP contribution in [-0.4, -0.2) is 23.3 Å². The second kappa shape index (κ2) is 6.73. The summed E-state index contributed by atoms with van der Waals surface area (Å²) in [4.78, 5) is 25.9. The van der Waals surface area contributed by atoms with E-state index in [0.29, 0.717) is 22.9 Å². The van der Waals surface area contributed by atoms with Crippen molar-refractivity contribution in [1.29, 1.82) is 0 Å². The summed E-state index contributed by atoms with van der Waals surface area (Å²) in [5.74, 6) is -0.957. The first-order chi connectivity index (χ1) is 12.8. The lowest BCUT2D eigenvalue weighted by Crippen LogP contribution is -2.49. The Bertz CT molecular complexity index is 932. The molecule has 2 aliphatic rings. The molecule has 2 aliphatic heterocycles. The Morgan fingerprint density at radius 1 is 1.07 bits per heavy atom. The van der Waals surface area contributed by atoms with Crippen molar-refractivity contribution in [3.05, 3.63) is 57.6 Å². The third-order valence-electron chi connectivity index (χ3n) is 5.70. The number of aryl methyl sites for hydroxylation is 1. The fourth-order valence-electron chi connectivity index (χ4n) is 4.23. The van der Waals surface area contributed by atoms with Crippen LogP contribution in [-0.2, 0) is 20.7 Å². The molecule has 2 aromatic carbocycles. The Kier molecular flexibility index (Phi) is 4.66. The number of ketones is 2. The molecule has 0 radical (unpaired) electrons. The molecule has 0 aromatic heterocycles. The summed E-state index contributed by atoms with van der Waals surface area (Å²) in [6.07, 6.45) is 1.49. The molecule has 5 heteroatoms. The van der Waals surface area contributed by atoms with Crippen LogP contribution in [0.25, 0.3) is 11.1 Å². The number of rotatable bonds is 3. The molecule has 27 heavy (non-hydrogen) atoms. The predicted molar refractivity (Wildman–Crippen MR) is 107 cm³/mol. The van der Waals surface area contributed by atoms with Crippen molar-refractivity contribution in [2.75, 3.05) is 0 Å². The molecule has 0 N–H and O–H groups in total. The number of carbonyl (C=O) groups is 2. The number of carbonyl (C=O) groups excluding carboxylic acids is 2. The van der Waals surface area contributed by atoms with Gasteiger partial charge in [-0.1, -0.05) is 48.3 Å². The van der Waals surface area contributed by atoms with E-state index in [9.17, 15) is 9.59 Å². The lowest BCUT2D eigenvalue weighted by Gasteiger charge is -2.34. The van der Waals surface area contributed by atoms with Gasteiger partial charge in [0.2, 0.25) is 0 Å². The third kappa shape index (κ3) is 3.12. The molecular weight excluding hydrogens is 383 g/mol. The Labute approximate surface area is 168 Å². The number of Topliss-reactive ketones (excluding diaryl/α,β-unsaturated/α-hetero) is 2. The molecule has 1 unspecified atom stereocenters. The highest BCUT2D eigenvalue weighted by atomic mass is 35.5. The molecule has 0 aliphatic carbocycles. The van der Waals surface area contributed by atoms with Gasteiger partial charge in [-0.3, -0.25) is 9.59 Å². The Morgan fingerprint density at radius 3 is 2.44 bits per heavy atom. The Hall–Kier alpha value is -1.68. The molecule has 2 saturated heterocycles. The summed E-state index contributed by atoms with van der Waals surface area (Å²) in [5.41, 5.74) is 2.81. The lowest BCUT2D eigenvalue weighted by atomic mass is 9.78. The zero-order valence-corrected chi connectivity index (χ0v) is 16.7. The van der Waals surface area contributed by atoms with Gasteiger partial charge in [-0.05, 0) is 66.6 Å². The van der Waals surface area contributed by atoms with Crippen molar-refractivity contribution >= 4 is 34.8 Å². The first kappa shape index (κ1) is 18.7. The molecule has 2 heterocycles. The maximum Gasteiger partial charge on any atom is 0.179 e. The van der Waals surface area contributed by atoms with Crippen LogP contribution >= 0.6 is 23.2 Å². The molecule has 3 nitrogen and oxygen atoms in total. The molecule has 2 fully saturated rings. The number of halogens is 2. The fourth-order valence-corrected chi connectivity index (χ4v) is 4.75. The number of benzene rings is 2. The Morgan fingerprint density at radius 2 is 1.78 bits per heavy atom. The second-order valence-corrected chi connectivity index (χ2v) is 8.37. The van der Waals surface area contributed by atoms with E-state index in [2.05, 4.69) is 0 Å². The summed E-state index contributed by atoms with van der Waals surface area (Å²) in [6.45, 7) is 3.83. The van der Waals surface area contributed by atoms with Gasteiger partial charge in [0.15, 0.2) is 11.6 Å². The zero-order chi connectivity index (χ0) is 19.3. The van der Waals surface area contributed by atoms with Crippen molar-refractivity contribution in [2.45, 2.75) is 50.7 Å². The molecule has 2 aromatic rings. The SMILES string of the molecule is CCc1cc(-c2cc(Cl)cc(Cl)c2)ccc1C1C(=O)[C@@H]2CC[C@@](C)(O2)C1=O. The van der Waals surface area contributed by atoms with Crippen molar-refractivity contribution < 1.29 is 14.3 Å². The van der Waals surface area contributed by atoms with Crippen LogP contribution in [0.4, 0.5) is 0 Å². The van der Waals surface area contributed by atoms with Gasteiger partial charge in [0.25, 0.3) is 0 Å². The van der Waals surface area contributed by atoms with Crippen molar-refractivity contribution in [1.82, 2.24) is 0 Å². The number of fused-ring (bicyclic) bond motifs is 2. The van der Waals surface area contributed by atoms with Gasteiger partial charge in [-0.2, -0.15) is 0 Å². The van der Waals surface area contributed by atoms with Gasteiger partial charge in [-0.25, -0.2) is 0 Å². The fraction of sp³-hybridized carbons (Fsp3) is 0.364. The van der Waals surface area contributed by atoms with E-state index in [4.69, 9.17) is 27.9 Å². The summed E-state index contributed by atoms with van der Waals surface area (Å²) >= 11 is 12.3. The second-order valence-electron chi connectivity index (χ2n) is 7.50. The van der Waals surface area contributed by atoms with Gasteiger partial charge in [0.05, 0.1) is 0 Å². The van der Waals surface area contributed by atoms with Crippen LogP contribution in [0.1, 0.15) is 43.7 Å². The van der Waals surface area contributed by atoms with Gasteiger partial charge < -0.3 is 4.74 Å². The molecule has 2 bridgehead atoms. The molecular formula is C22H20Cl2O3. The van der Waals surface area contributed by atoms with Crippen LogP contribution in [0.5, 0.6) is 0 Å². The molecule has 4 rings (SSSR count). The van der Waals surface area contributed by atoms with Crippen LogP contribution in [0.2, 0.25) is 10.0 Å². The first-order valence-electron chi connectivity index (χ1n) is 9.17. The normalized spacial score (nSPS) is 27.3. The summed E-state index contributed by atoms with van der Waals surface area (Å²) < 4.78 is 5.73. The van der Waals surface area contributed by atoms with E-state index < -0.39 is 17.6 Å². The third-order valence-corrected chi connectivity index (χ3v) is 6.14. The average molecular weight is 403 g/mol. The van der Waals surface area contributed by atoms with Crippen LogP contribution in [0.15, 0.2) is 36.4 Å². The maximum absolute atomic E-state index is 13.0. The molecule has 140 valence electrons. The van der Waals surface area contributed by atoms with Gasteiger partial charge in [-0.15, -0.1) is 0 Å². The highest BCUT2D eigenvalue weighted by Crippen LogP contribution is 2.44. The monoisotopic (exact) mass is 402 g/mol. The minimum atomic E-state index is -0.840. The van der Waals surface area contributed by atoms with E-state index in [-0.39, 0.29) is 11.6 Å². The van der Waals surface area contributed by atoms with E-state index in [1.807, 2.05) is 44.2 Å².